The molecule has 0 aliphatic rings. The second kappa shape index (κ2) is 21.3. The quantitative estimate of drug-likeness (QED) is 0.0772. The maximum absolute atomic E-state index is 12.9. The van der Waals surface area contributed by atoms with Crippen molar-refractivity contribution in [3.63, 3.8) is 0 Å². The van der Waals surface area contributed by atoms with E-state index in [-0.39, 0.29) is 21.6 Å². The Morgan fingerprint density at radius 1 is 0.515 bits per heavy atom. The lowest BCUT2D eigenvalue weighted by atomic mass is 10.1. The Hall–Kier alpha value is -7.78. The number of anilines is 6. The molecular formula is C46H48N10O8S2. The summed E-state index contributed by atoms with van der Waals surface area (Å²) in [6, 6.07) is 32.5. The first kappa shape index (κ1) is 49.2. The molecule has 0 saturated carbocycles. The standard InChI is InChI=1S/C32H32N10O2.2C7H8O3S/c1-3-41-27(33)25(17-37-31(41)35)19-9-13-23(14-10-19)39-29(43)21-5-7-22(8-6-21)30(44)40-24-15-11-20(12-16-24)26-18-38-32(36)42(4-2)28(26)34;2*1-6-2-4-7(5-3-6)11(8,9)10/h5-18H,3-4H2,1-2H3,(H8,33,34,35,36,37,38,39,40,43,44);2*2-5H,1H3,(H,8,9,10). The van der Waals surface area contributed by atoms with Crippen molar-refractivity contribution in [1.29, 1.82) is 0 Å². The van der Waals surface area contributed by atoms with Crippen molar-refractivity contribution in [2.45, 2.75) is 50.6 Å². The van der Waals surface area contributed by atoms with Crippen LogP contribution < -0.4 is 42.7 Å². The van der Waals surface area contributed by atoms with Crippen LogP contribution in [0.1, 0.15) is 45.7 Å². The number of nitrogens with one attached hydrogen (secondary N) is 2. The number of nitrogens with two attached hydrogens (primary N) is 4. The average Bonchev–Trinajstić information content (AvgIpc) is 3.28. The Kier molecular flexibility index (Phi) is 15.9. The van der Waals surface area contributed by atoms with Gasteiger partial charge >= 0.3 is 11.9 Å². The number of nitrogens with zero attached hydrogens (tertiary/aromatic N) is 4. The third-order valence-electron chi connectivity index (χ3n) is 9.91. The lowest BCUT2D eigenvalue weighted by Crippen LogP contribution is -2.40. The highest BCUT2D eigenvalue weighted by atomic mass is 32.2. The molecule has 7 rings (SSSR count). The molecule has 20 heteroatoms. The fourth-order valence-electron chi connectivity index (χ4n) is 6.24. The lowest BCUT2D eigenvalue weighted by Gasteiger charge is -2.11. The summed E-state index contributed by atoms with van der Waals surface area (Å²) in [6.45, 7) is 8.71. The van der Waals surface area contributed by atoms with Gasteiger partial charge in [-0.2, -0.15) is 0 Å². The fourth-order valence-corrected chi connectivity index (χ4v) is 7.17. The van der Waals surface area contributed by atoms with Crippen molar-refractivity contribution in [2.75, 3.05) is 33.6 Å². The molecule has 18 nitrogen and oxygen atoms in total. The molecule has 342 valence electrons. The van der Waals surface area contributed by atoms with Crippen LogP contribution in [0.15, 0.2) is 144 Å². The number of benzene rings is 5. The second-order valence-corrected chi connectivity index (χ2v) is 17.3. The molecule has 7 aromatic rings. The summed E-state index contributed by atoms with van der Waals surface area (Å²) in [5.74, 6) is 1.11. The Labute approximate surface area is 382 Å². The second-order valence-electron chi connectivity index (χ2n) is 14.5. The topological polar surface area (TPSA) is 310 Å². The van der Waals surface area contributed by atoms with Crippen LogP contribution in [-0.2, 0) is 33.3 Å². The molecule has 0 radical (unpaired) electrons. The van der Waals surface area contributed by atoms with E-state index < -0.39 is 20.2 Å². The molecule has 2 amide bonds. The maximum Gasteiger partial charge on any atom is 0.344 e. The molecule has 66 heavy (non-hydrogen) atoms. The van der Waals surface area contributed by atoms with Gasteiger partial charge in [-0.3, -0.25) is 9.59 Å². The van der Waals surface area contributed by atoms with Crippen LogP contribution in [0.5, 0.6) is 0 Å². The molecule has 0 saturated heterocycles. The monoisotopic (exact) mass is 932 g/mol. The van der Waals surface area contributed by atoms with Gasteiger partial charge in [0.2, 0.25) is 11.6 Å². The summed E-state index contributed by atoms with van der Waals surface area (Å²) in [4.78, 5) is 33.8. The van der Waals surface area contributed by atoms with Crippen LogP contribution in [0.2, 0.25) is 0 Å². The zero-order valence-corrected chi connectivity index (χ0v) is 37.9. The molecule has 0 aliphatic carbocycles. The minimum Gasteiger partial charge on any atom is -0.744 e. The number of carbonyl (C=O) groups is 2. The highest BCUT2D eigenvalue weighted by Crippen LogP contribution is 2.27. The number of aryl methyl sites for hydroxylation is 2. The van der Waals surface area contributed by atoms with E-state index in [4.69, 9.17) is 22.9 Å². The van der Waals surface area contributed by atoms with Gasteiger partial charge in [-0.15, -0.1) is 9.97 Å². The van der Waals surface area contributed by atoms with Crippen LogP contribution in [0.3, 0.4) is 0 Å². The molecule has 0 spiro atoms. The van der Waals surface area contributed by atoms with E-state index in [9.17, 15) is 35.5 Å². The van der Waals surface area contributed by atoms with Crippen molar-refractivity contribution in [3.8, 4) is 22.3 Å². The molecule has 0 fully saturated rings. The highest BCUT2D eigenvalue weighted by molar-refractivity contribution is 7.86. The van der Waals surface area contributed by atoms with Gasteiger partial charge in [-0.05, 0) is 112 Å². The number of rotatable bonds is 10. The maximum atomic E-state index is 12.9. The Balaban J connectivity index is 0.000000301. The highest BCUT2D eigenvalue weighted by Gasteiger charge is 2.17. The van der Waals surface area contributed by atoms with Gasteiger partial charge in [0.1, 0.15) is 32.6 Å². The Bertz CT molecular complexity index is 2850. The van der Waals surface area contributed by atoms with Gasteiger partial charge in [-0.1, -0.05) is 59.7 Å². The molecule has 2 aromatic heterocycles. The molecule has 5 aromatic carbocycles. The van der Waals surface area contributed by atoms with E-state index in [0.29, 0.717) is 59.1 Å². The summed E-state index contributed by atoms with van der Waals surface area (Å²) in [7, 11) is -8.54. The van der Waals surface area contributed by atoms with Gasteiger partial charge in [-0.25, -0.2) is 26.0 Å². The molecule has 0 bridgehead atoms. The first-order valence-electron chi connectivity index (χ1n) is 20.1. The van der Waals surface area contributed by atoms with Crippen LogP contribution in [0, 0.1) is 13.8 Å². The smallest absolute Gasteiger partial charge is 0.344 e. The molecule has 2 heterocycles. The van der Waals surface area contributed by atoms with Crippen molar-refractivity contribution >= 4 is 67.0 Å². The van der Waals surface area contributed by atoms with E-state index in [1.165, 1.54) is 24.3 Å². The number of carbonyl (C=O) groups excluding carboxylic acids is 2. The normalized spacial score (nSPS) is 11.0. The number of aromatic nitrogens is 4. The predicted molar refractivity (Wildman–Crippen MR) is 249 cm³/mol. The van der Waals surface area contributed by atoms with Gasteiger partial charge < -0.3 is 42.7 Å². The zero-order valence-electron chi connectivity index (χ0n) is 36.3. The number of amides is 2. The average molecular weight is 933 g/mol. The SMILES string of the molecule is CC[n+]1c(N)ncc(-c2ccc(NC(=O)c3ccc(C(=O)Nc4ccc(-c5cnc(N)[n+](CC)c5N)cc4)cc3)cc2)c1N.Cc1ccc(S(=O)(=O)[O-])cc1.Cc1ccc(S(=O)(=O)[O-])cc1. The zero-order chi connectivity index (χ0) is 48.3. The molecule has 0 atom stereocenters. The summed E-state index contributed by atoms with van der Waals surface area (Å²) >= 11 is 0. The number of nitrogen functional groups attached to an aromatic ring is 4. The third-order valence-corrected chi connectivity index (χ3v) is 11.6. The minimum atomic E-state index is -4.27. The number of hydrogen-bond acceptors (Lipinski definition) is 14. The van der Waals surface area contributed by atoms with Crippen LogP contribution >= 0.6 is 0 Å². The van der Waals surface area contributed by atoms with E-state index in [2.05, 4.69) is 20.6 Å². The first-order chi connectivity index (χ1) is 31.2. The largest absolute Gasteiger partial charge is 0.744 e. The first-order valence-corrected chi connectivity index (χ1v) is 22.9. The van der Waals surface area contributed by atoms with Crippen molar-refractivity contribution in [3.05, 3.63) is 156 Å². The molecule has 10 N–H and O–H groups in total. The predicted octanol–water partition coefficient (Wildman–Crippen LogP) is 5.06. The van der Waals surface area contributed by atoms with Crippen molar-refractivity contribution in [1.82, 2.24) is 9.97 Å². The van der Waals surface area contributed by atoms with Gasteiger partial charge in [0.15, 0.2) is 0 Å². The van der Waals surface area contributed by atoms with Crippen LogP contribution in [-0.4, -0.2) is 47.7 Å². The Morgan fingerprint density at radius 3 is 1.09 bits per heavy atom. The van der Waals surface area contributed by atoms with Gasteiger partial charge in [0.05, 0.1) is 34.0 Å². The van der Waals surface area contributed by atoms with Crippen LogP contribution in [0.25, 0.3) is 22.3 Å². The fraction of sp³-hybridized carbons (Fsp3) is 0.130. The molecular weight excluding hydrogens is 885 g/mol. The lowest BCUT2D eigenvalue weighted by molar-refractivity contribution is -0.667. The van der Waals surface area contributed by atoms with E-state index in [0.717, 1.165) is 33.4 Å². The van der Waals surface area contributed by atoms with E-state index in [1.54, 1.807) is 94.3 Å². The summed E-state index contributed by atoms with van der Waals surface area (Å²) in [5, 5.41) is 5.74. The summed E-state index contributed by atoms with van der Waals surface area (Å²) in [6.07, 6.45) is 3.27. The third kappa shape index (κ3) is 12.7. The Morgan fingerprint density at radius 2 is 0.818 bits per heavy atom. The number of hydrogen-bond donors (Lipinski definition) is 6. The van der Waals surface area contributed by atoms with Crippen molar-refractivity contribution < 1.29 is 44.7 Å². The van der Waals surface area contributed by atoms with Gasteiger partial charge in [0.25, 0.3) is 11.8 Å². The summed E-state index contributed by atoms with van der Waals surface area (Å²) < 4.78 is 65.8. The van der Waals surface area contributed by atoms with E-state index in [1.807, 2.05) is 52.0 Å². The van der Waals surface area contributed by atoms with E-state index >= 15 is 0 Å². The van der Waals surface area contributed by atoms with Crippen LogP contribution in [0.4, 0.5) is 34.9 Å². The summed E-state index contributed by atoms with van der Waals surface area (Å²) in [5.41, 5.74) is 31.4. The molecule has 0 unspecified atom stereocenters. The molecule has 0 aliphatic heterocycles. The minimum absolute atomic E-state index is 0.178. The van der Waals surface area contributed by atoms with Crippen molar-refractivity contribution in [2.24, 2.45) is 0 Å². The van der Waals surface area contributed by atoms with Gasteiger partial charge in [0, 0.05) is 22.5 Å².